The van der Waals surface area contributed by atoms with Gasteiger partial charge in [0.25, 0.3) is 5.91 Å². The summed E-state index contributed by atoms with van der Waals surface area (Å²) >= 11 is 0. The number of carbonyl (C=O) groups is 1. The number of likely N-dealkylation sites (tertiary alicyclic amines) is 1. The monoisotopic (exact) mass is 249 g/mol. The number of carbonyl (C=O) groups excluding carboxylic acids is 1. The number of rotatable bonds is 2. The Morgan fingerprint density at radius 2 is 2.39 bits per heavy atom. The molecule has 1 fully saturated rings. The molecule has 98 valence electrons. The fourth-order valence-corrected chi connectivity index (χ4v) is 2.25. The normalized spacial score (nSPS) is 24.8. The summed E-state index contributed by atoms with van der Waals surface area (Å²) in [5, 5.41) is 12.5. The Kier molecular flexibility index (Phi) is 3.81. The van der Waals surface area contributed by atoms with Crippen molar-refractivity contribution in [3.05, 3.63) is 24.0 Å². The molecule has 5 heteroatoms. The Hall–Kier alpha value is -1.62. The van der Waals surface area contributed by atoms with E-state index < -0.39 is 0 Å². The van der Waals surface area contributed by atoms with E-state index in [1.54, 1.807) is 6.07 Å². The fraction of sp³-hybridized carbons (Fsp3) is 0.538. The number of nitrogens with zero attached hydrogens (tertiary/aromatic N) is 2. The molecule has 18 heavy (non-hydrogen) atoms. The van der Waals surface area contributed by atoms with E-state index in [0.717, 1.165) is 19.4 Å². The topological polar surface area (TPSA) is 65.5 Å². The van der Waals surface area contributed by atoms with Gasteiger partial charge in [0.15, 0.2) is 5.69 Å². The maximum atomic E-state index is 12.0. The summed E-state index contributed by atoms with van der Waals surface area (Å²) in [6.07, 6.45) is 3.36. The molecular weight excluding hydrogens is 230 g/mol. The Balaban J connectivity index is 1.98. The van der Waals surface area contributed by atoms with E-state index in [1.807, 2.05) is 0 Å². The molecule has 0 bridgehead atoms. The van der Waals surface area contributed by atoms with Crippen LogP contribution >= 0.6 is 0 Å². The number of aromatic hydroxyl groups is 1. The van der Waals surface area contributed by atoms with Crippen LogP contribution in [0.3, 0.4) is 0 Å². The minimum atomic E-state index is -0.296. The van der Waals surface area contributed by atoms with Crippen LogP contribution in [0.2, 0.25) is 0 Å². The van der Waals surface area contributed by atoms with Crippen molar-refractivity contribution in [3.63, 3.8) is 0 Å². The van der Waals surface area contributed by atoms with Gasteiger partial charge in [-0.15, -0.1) is 0 Å². The lowest BCUT2D eigenvalue weighted by Gasteiger charge is -2.35. The number of aromatic nitrogens is 1. The third-order valence-corrected chi connectivity index (χ3v) is 3.55. The van der Waals surface area contributed by atoms with Crippen LogP contribution in [0.5, 0.6) is 5.75 Å². The van der Waals surface area contributed by atoms with Crippen molar-refractivity contribution in [2.24, 2.45) is 0 Å². The smallest absolute Gasteiger partial charge is 0.273 e. The zero-order chi connectivity index (χ0) is 13.1. The van der Waals surface area contributed by atoms with Gasteiger partial charge in [-0.1, -0.05) is 0 Å². The zero-order valence-corrected chi connectivity index (χ0v) is 10.8. The van der Waals surface area contributed by atoms with Crippen molar-refractivity contribution in [2.45, 2.75) is 31.8 Å². The van der Waals surface area contributed by atoms with Crippen LogP contribution in [-0.2, 0) is 0 Å². The highest BCUT2D eigenvalue weighted by molar-refractivity contribution is 5.94. The molecule has 5 nitrogen and oxygen atoms in total. The molecule has 2 atom stereocenters. The van der Waals surface area contributed by atoms with Crippen molar-refractivity contribution in [1.82, 2.24) is 15.2 Å². The second kappa shape index (κ2) is 5.35. The Morgan fingerprint density at radius 3 is 3.06 bits per heavy atom. The maximum Gasteiger partial charge on any atom is 0.273 e. The summed E-state index contributed by atoms with van der Waals surface area (Å²) in [5.41, 5.74) is 0.101. The van der Waals surface area contributed by atoms with Gasteiger partial charge in [-0.25, -0.2) is 4.98 Å². The molecule has 0 radical (unpaired) electrons. The molecule has 2 rings (SSSR count). The number of piperidine rings is 1. The van der Waals surface area contributed by atoms with Gasteiger partial charge in [0, 0.05) is 24.8 Å². The highest BCUT2D eigenvalue weighted by Crippen LogP contribution is 2.17. The Bertz CT molecular complexity index is 436. The summed E-state index contributed by atoms with van der Waals surface area (Å²) in [5.74, 6) is -0.370. The number of hydrogen-bond acceptors (Lipinski definition) is 4. The maximum absolute atomic E-state index is 12.0. The average Bonchev–Trinajstić information content (AvgIpc) is 2.34. The quantitative estimate of drug-likeness (QED) is 0.820. The highest BCUT2D eigenvalue weighted by atomic mass is 16.3. The third kappa shape index (κ3) is 2.79. The number of nitrogens with one attached hydrogen (secondary N) is 1. The van der Waals surface area contributed by atoms with E-state index in [1.165, 1.54) is 12.3 Å². The number of amides is 1. The highest BCUT2D eigenvalue weighted by Gasteiger charge is 2.25. The SMILES string of the molecule is CC1CC(NC(=O)c2ncccc2O)CCN1C. The fourth-order valence-electron chi connectivity index (χ4n) is 2.25. The Labute approximate surface area is 107 Å². The average molecular weight is 249 g/mol. The van der Waals surface area contributed by atoms with Gasteiger partial charge in [-0.3, -0.25) is 4.79 Å². The van der Waals surface area contributed by atoms with Gasteiger partial charge in [0.05, 0.1) is 0 Å². The molecule has 1 saturated heterocycles. The Morgan fingerprint density at radius 1 is 1.61 bits per heavy atom. The molecule has 2 heterocycles. The summed E-state index contributed by atoms with van der Waals surface area (Å²) < 4.78 is 0. The predicted molar refractivity (Wildman–Crippen MR) is 68.5 cm³/mol. The summed E-state index contributed by atoms with van der Waals surface area (Å²) in [6.45, 7) is 3.12. The van der Waals surface area contributed by atoms with Crippen LogP contribution in [0.15, 0.2) is 18.3 Å². The molecule has 1 aromatic heterocycles. The van der Waals surface area contributed by atoms with E-state index >= 15 is 0 Å². The summed E-state index contributed by atoms with van der Waals surface area (Å²) in [6, 6.07) is 3.69. The van der Waals surface area contributed by atoms with Crippen molar-refractivity contribution in [2.75, 3.05) is 13.6 Å². The van der Waals surface area contributed by atoms with Gasteiger partial charge in [0.1, 0.15) is 5.75 Å². The summed E-state index contributed by atoms with van der Waals surface area (Å²) in [4.78, 5) is 18.2. The van der Waals surface area contributed by atoms with Crippen molar-refractivity contribution in [3.8, 4) is 5.75 Å². The molecule has 0 aliphatic carbocycles. The van der Waals surface area contributed by atoms with E-state index in [-0.39, 0.29) is 23.4 Å². The third-order valence-electron chi connectivity index (χ3n) is 3.55. The molecule has 0 saturated carbocycles. The van der Waals surface area contributed by atoms with Crippen LogP contribution in [-0.4, -0.2) is 46.6 Å². The van der Waals surface area contributed by atoms with Crippen LogP contribution in [0, 0.1) is 0 Å². The van der Waals surface area contributed by atoms with Gasteiger partial charge in [0.2, 0.25) is 0 Å². The van der Waals surface area contributed by atoms with Crippen LogP contribution < -0.4 is 5.32 Å². The first kappa shape index (κ1) is 12.8. The molecule has 1 aliphatic rings. The molecule has 2 unspecified atom stereocenters. The molecule has 0 aromatic carbocycles. The van der Waals surface area contributed by atoms with Gasteiger partial charge >= 0.3 is 0 Å². The van der Waals surface area contributed by atoms with Gasteiger partial charge in [-0.2, -0.15) is 0 Å². The van der Waals surface area contributed by atoms with Crippen molar-refractivity contribution < 1.29 is 9.90 Å². The van der Waals surface area contributed by atoms with E-state index in [0.29, 0.717) is 6.04 Å². The largest absolute Gasteiger partial charge is 0.505 e. The standard InChI is InChI=1S/C13H19N3O2/c1-9-8-10(5-7-16(9)2)15-13(18)12-11(17)4-3-6-14-12/h3-4,6,9-10,17H,5,7-8H2,1-2H3,(H,15,18). The van der Waals surface area contributed by atoms with Crippen molar-refractivity contribution >= 4 is 5.91 Å². The molecule has 1 aliphatic heterocycles. The van der Waals surface area contributed by atoms with Gasteiger partial charge < -0.3 is 15.3 Å². The molecule has 2 N–H and O–H groups in total. The van der Waals surface area contributed by atoms with Gasteiger partial charge in [-0.05, 0) is 38.9 Å². The van der Waals surface area contributed by atoms with Crippen LogP contribution in [0.4, 0.5) is 0 Å². The van der Waals surface area contributed by atoms with E-state index in [4.69, 9.17) is 0 Å². The van der Waals surface area contributed by atoms with Crippen LogP contribution in [0.25, 0.3) is 0 Å². The first-order chi connectivity index (χ1) is 8.58. The minimum absolute atomic E-state index is 0.0732. The number of pyridine rings is 1. The lowest BCUT2D eigenvalue weighted by molar-refractivity contribution is 0.0888. The lowest BCUT2D eigenvalue weighted by Crippen LogP contribution is -2.47. The van der Waals surface area contributed by atoms with Crippen molar-refractivity contribution in [1.29, 1.82) is 0 Å². The minimum Gasteiger partial charge on any atom is -0.505 e. The first-order valence-electron chi connectivity index (χ1n) is 6.23. The lowest BCUT2D eigenvalue weighted by atomic mass is 9.99. The number of hydrogen-bond donors (Lipinski definition) is 2. The predicted octanol–water partition coefficient (Wildman–Crippen LogP) is 1.000. The molecule has 1 amide bonds. The molecule has 0 spiro atoms. The zero-order valence-electron chi connectivity index (χ0n) is 10.8. The molecule has 1 aromatic rings. The second-order valence-corrected chi connectivity index (χ2v) is 4.90. The summed E-state index contributed by atoms with van der Waals surface area (Å²) in [7, 11) is 2.09. The second-order valence-electron chi connectivity index (χ2n) is 4.90. The first-order valence-corrected chi connectivity index (χ1v) is 6.23. The molecular formula is C13H19N3O2. The van der Waals surface area contributed by atoms with E-state index in [9.17, 15) is 9.90 Å². The van der Waals surface area contributed by atoms with Crippen LogP contribution in [0.1, 0.15) is 30.3 Å². The van der Waals surface area contributed by atoms with E-state index in [2.05, 4.69) is 29.2 Å².